The van der Waals surface area contributed by atoms with Gasteiger partial charge in [-0.2, -0.15) is 0 Å². The molecule has 0 spiro atoms. The fourth-order valence-electron chi connectivity index (χ4n) is 4.89. The van der Waals surface area contributed by atoms with E-state index < -0.39 is 0 Å². The molecule has 6 rings (SSSR count). The lowest BCUT2D eigenvalue weighted by Gasteiger charge is -2.49. The van der Waals surface area contributed by atoms with E-state index in [9.17, 15) is 9.18 Å². The fourth-order valence-corrected chi connectivity index (χ4v) is 4.89. The van der Waals surface area contributed by atoms with E-state index >= 15 is 0 Å². The standard InChI is InChI=1S/C24H26FN5O/c25-20-8-6-17(7-9-20)13-26-24(31)22-15-29-11-10-19(22)12-21(29)14-30-16-23(27-28-30)18-4-2-1-3-5-18/h1-9,16,19,21-22H,10-15H2,(H,26,31)/t19-,21+,22-/m0/s1. The van der Waals surface area contributed by atoms with Gasteiger partial charge < -0.3 is 5.32 Å². The molecule has 1 amide bonds. The van der Waals surface area contributed by atoms with Crippen molar-refractivity contribution in [3.8, 4) is 11.3 Å². The molecular formula is C24H26FN5O. The Balaban J connectivity index is 1.18. The number of hydrogen-bond acceptors (Lipinski definition) is 4. The second kappa shape index (κ2) is 8.59. The van der Waals surface area contributed by atoms with E-state index in [1.165, 1.54) is 12.1 Å². The van der Waals surface area contributed by atoms with Crippen molar-refractivity contribution in [1.29, 1.82) is 0 Å². The summed E-state index contributed by atoms with van der Waals surface area (Å²) in [5.74, 6) is 0.243. The second-order valence-corrected chi connectivity index (χ2v) is 8.58. The third kappa shape index (κ3) is 4.37. The van der Waals surface area contributed by atoms with Gasteiger partial charge in [0.1, 0.15) is 11.5 Å². The van der Waals surface area contributed by atoms with Gasteiger partial charge in [-0.25, -0.2) is 4.39 Å². The molecule has 0 radical (unpaired) electrons. The normalized spacial score (nSPS) is 24.8. The molecule has 0 aliphatic carbocycles. The van der Waals surface area contributed by atoms with Gasteiger partial charge in [0.25, 0.3) is 0 Å². The van der Waals surface area contributed by atoms with Crippen molar-refractivity contribution in [3.63, 3.8) is 0 Å². The molecule has 2 aromatic carbocycles. The molecule has 3 aliphatic heterocycles. The Kier molecular flexibility index (Phi) is 5.51. The highest BCUT2D eigenvalue weighted by Crippen LogP contribution is 2.37. The number of benzene rings is 2. The number of aromatic nitrogens is 3. The third-order valence-corrected chi connectivity index (χ3v) is 6.60. The highest BCUT2D eigenvalue weighted by molar-refractivity contribution is 5.79. The Bertz CT molecular complexity index is 1040. The molecule has 3 aliphatic rings. The molecule has 1 unspecified atom stereocenters. The minimum atomic E-state index is -0.262. The number of nitrogens with zero attached hydrogens (tertiary/aromatic N) is 4. The first kappa shape index (κ1) is 19.9. The molecule has 0 saturated carbocycles. The predicted molar refractivity (Wildman–Crippen MR) is 115 cm³/mol. The van der Waals surface area contributed by atoms with Crippen LogP contribution in [-0.2, 0) is 17.9 Å². The van der Waals surface area contributed by atoms with E-state index in [-0.39, 0.29) is 17.6 Å². The molecule has 3 aromatic rings. The zero-order valence-corrected chi connectivity index (χ0v) is 17.3. The summed E-state index contributed by atoms with van der Waals surface area (Å²) >= 11 is 0. The maximum atomic E-state index is 13.1. The molecule has 4 atom stereocenters. The summed E-state index contributed by atoms with van der Waals surface area (Å²) in [6.45, 7) is 3.04. The van der Waals surface area contributed by atoms with Crippen LogP contribution in [0, 0.1) is 17.7 Å². The zero-order chi connectivity index (χ0) is 21.2. The van der Waals surface area contributed by atoms with Crippen molar-refractivity contribution in [2.75, 3.05) is 13.1 Å². The zero-order valence-electron chi connectivity index (χ0n) is 17.3. The van der Waals surface area contributed by atoms with E-state index in [4.69, 9.17) is 0 Å². The number of carbonyl (C=O) groups excluding carboxylic acids is 1. The molecule has 2 bridgehead atoms. The van der Waals surface area contributed by atoms with Crippen molar-refractivity contribution in [3.05, 3.63) is 72.2 Å². The minimum absolute atomic E-state index is 0.0149. The van der Waals surface area contributed by atoms with Crippen LogP contribution in [0.5, 0.6) is 0 Å². The lowest BCUT2D eigenvalue weighted by molar-refractivity contribution is -0.133. The maximum Gasteiger partial charge on any atom is 0.224 e. The summed E-state index contributed by atoms with van der Waals surface area (Å²) in [4.78, 5) is 15.2. The van der Waals surface area contributed by atoms with Gasteiger partial charge in [-0.1, -0.05) is 47.7 Å². The van der Waals surface area contributed by atoms with Crippen LogP contribution in [0.1, 0.15) is 18.4 Å². The highest BCUT2D eigenvalue weighted by Gasteiger charge is 2.43. The van der Waals surface area contributed by atoms with Crippen LogP contribution in [0.25, 0.3) is 11.3 Å². The average Bonchev–Trinajstić information content (AvgIpc) is 3.28. The summed E-state index contributed by atoms with van der Waals surface area (Å²) in [5, 5.41) is 11.7. The van der Waals surface area contributed by atoms with Crippen molar-refractivity contribution < 1.29 is 9.18 Å². The van der Waals surface area contributed by atoms with Gasteiger partial charge in [-0.3, -0.25) is 14.4 Å². The molecule has 1 N–H and O–H groups in total. The molecule has 7 heteroatoms. The average molecular weight is 420 g/mol. The van der Waals surface area contributed by atoms with Gasteiger partial charge in [-0.15, -0.1) is 5.10 Å². The summed E-state index contributed by atoms with van der Waals surface area (Å²) < 4.78 is 15.0. The molecule has 1 aromatic heterocycles. The van der Waals surface area contributed by atoms with Crippen LogP contribution < -0.4 is 5.32 Å². The van der Waals surface area contributed by atoms with E-state index in [0.29, 0.717) is 18.5 Å². The minimum Gasteiger partial charge on any atom is -0.352 e. The topological polar surface area (TPSA) is 63.1 Å². The van der Waals surface area contributed by atoms with E-state index in [2.05, 4.69) is 20.5 Å². The highest BCUT2D eigenvalue weighted by atomic mass is 19.1. The van der Waals surface area contributed by atoms with Gasteiger partial charge in [0.2, 0.25) is 5.91 Å². The molecule has 3 saturated heterocycles. The van der Waals surface area contributed by atoms with Crippen LogP contribution in [0.4, 0.5) is 4.39 Å². The van der Waals surface area contributed by atoms with Crippen LogP contribution in [0.3, 0.4) is 0 Å². The first-order chi connectivity index (χ1) is 15.2. The summed E-state index contributed by atoms with van der Waals surface area (Å²) in [6, 6.07) is 16.7. The van der Waals surface area contributed by atoms with Gasteiger partial charge in [0.05, 0.1) is 18.7 Å². The molecule has 3 fully saturated rings. The number of piperidine rings is 3. The van der Waals surface area contributed by atoms with E-state index in [1.807, 2.05) is 41.2 Å². The Hall–Kier alpha value is -3.06. The number of hydrogen-bond donors (Lipinski definition) is 1. The molecule has 6 nitrogen and oxygen atoms in total. The monoisotopic (exact) mass is 419 g/mol. The second-order valence-electron chi connectivity index (χ2n) is 8.58. The summed E-state index contributed by atoms with van der Waals surface area (Å²) in [5.41, 5.74) is 2.86. The number of carbonyl (C=O) groups is 1. The largest absolute Gasteiger partial charge is 0.352 e. The maximum absolute atomic E-state index is 13.1. The fraction of sp³-hybridized carbons (Fsp3) is 0.375. The first-order valence-corrected chi connectivity index (χ1v) is 10.9. The van der Waals surface area contributed by atoms with Gasteiger partial charge >= 0.3 is 0 Å². The Morgan fingerprint density at radius 3 is 2.68 bits per heavy atom. The smallest absolute Gasteiger partial charge is 0.224 e. The Morgan fingerprint density at radius 2 is 1.94 bits per heavy atom. The van der Waals surface area contributed by atoms with Gasteiger partial charge in [-0.05, 0) is 43.0 Å². The SMILES string of the molecule is O=C(NCc1ccc(F)cc1)[C@H]1CN2CC[C@H]1C[C@@H]2Cn1cc(-c2ccccc2)nn1. The Labute approximate surface area is 181 Å². The lowest BCUT2D eigenvalue weighted by Crippen LogP contribution is -2.57. The van der Waals surface area contributed by atoms with Crippen LogP contribution in [0.2, 0.25) is 0 Å². The molecule has 4 heterocycles. The van der Waals surface area contributed by atoms with Crippen molar-refractivity contribution in [2.24, 2.45) is 11.8 Å². The number of rotatable bonds is 6. The van der Waals surface area contributed by atoms with Gasteiger partial charge in [0, 0.05) is 24.7 Å². The summed E-state index contributed by atoms with van der Waals surface area (Å²) in [7, 11) is 0. The predicted octanol–water partition coefficient (Wildman–Crippen LogP) is 3.11. The number of amides is 1. The first-order valence-electron chi connectivity index (χ1n) is 10.9. The number of fused-ring (bicyclic) bond motifs is 3. The number of nitrogens with one attached hydrogen (secondary N) is 1. The molecule has 160 valence electrons. The van der Waals surface area contributed by atoms with Crippen molar-refractivity contribution in [2.45, 2.75) is 32.0 Å². The molecule has 31 heavy (non-hydrogen) atoms. The number of halogens is 1. The lowest BCUT2D eigenvalue weighted by atomic mass is 9.75. The Morgan fingerprint density at radius 1 is 1.13 bits per heavy atom. The van der Waals surface area contributed by atoms with Crippen molar-refractivity contribution in [1.82, 2.24) is 25.2 Å². The van der Waals surface area contributed by atoms with Crippen LogP contribution in [0.15, 0.2) is 60.8 Å². The third-order valence-electron chi connectivity index (χ3n) is 6.60. The van der Waals surface area contributed by atoms with Crippen molar-refractivity contribution >= 4 is 5.91 Å². The van der Waals surface area contributed by atoms with Gasteiger partial charge in [0.15, 0.2) is 0 Å². The van der Waals surface area contributed by atoms with Crippen LogP contribution in [-0.4, -0.2) is 44.9 Å². The van der Waals surface area contributed by atoms with Crippen LogP contribution >= 0.6 is 0 Å². The summed E-state index contributed by atoms with van der Waals surface area (Å²) in [6.07, 6.45) is 4.05. The molecular weight excluding hydrogens is 393 g/mol. The van der Waals surface area contributed by atoms with E-state index in [1.54, 1.807) is 12.1 Å². The quantitative estimate of drug-likeness (QED) is 0.667. The van der Waals surface area contributed by atoms with E-state index in [0.717, 1.165) is 49.3 Å².